The van der Waals surface area contributed by atoms with Crippen LogP contribution in [-0.2, 0) is 14.4 Å². The molecule has 1 fully saturated rings. The molecule has 0 unspecified atom stereocenters. The molecule has 22 heavy (non-hydrogen) atoms. The zero-order chi connectivity index (χ0) is 17.1. The van der Waals surface area contributed by atoms with Crippen molar-refractivity contribution in [3.05, 3.63) is 12.7 Å². The van der Waals surface area contributed by atoms with Gasteiger partial charge in [-0.3, -0.25) is 14.4 Å². The maximum Gasteiger partial charge on any atom is 0.309 e. The quantitative estimate of drug-likeness (QED) is 0.685. The first-order valence-corrected chi connectivity index (χ1v) is 7.48. The van der Waals surface area contributed by atoms with Crippen molar-refractivity contribution in [3.8, 4) is 0 Å². The van der Waals surface area contributed by atoms with Crippen LogP contribution in [0.3, 0.4) is 0 Å². The minimum absolute atomic E-state index is 0.00633. The van der Waals surface area contributed by atoms with Gasteiger partial charge < -0.3 is 15.7 Å². The van der Waals surface area contributed by atoms with Crippen molar-refractivity contribution in [2.24, 2.45) is 11.8 Å². The lowest BCUT2D eigenvalue weighted by atomic mass is 9.67. The lowest BCUT2D eigenvalue weighted by Gasteiger charge is -2.44. The predicted molar refractivity (Wildman–Crippen MR) is 83.1 cm³/mol. The number of nitrogens with one attached hydrogen (secondary N) is 2. The fraction of sp³-hybridized carbons (Fsp3) is 0.688. The van der Waals surface area contributed by atoms with Gasteiger partial charge in [0.25, 0.3) is 0 Å². The van der Waals surface area contributed by atoms with Gasteiger partial charge in [-0.25, -0.2) is 0 Å². The highest BCUT2D eigenvalue weighted by molar-refractivity contribution is 5.96. The molecule has 3 atom stereocenters. The largest absolute Gasteiger partial charge is 0.481 e. The van der Waals surface area contributed by atoms with E-state index in [-0.39, 0.29) is 12.3 Å². The highest BCUT2D eigenvalue weighted by Gasteiger charge is 2.53. The van der Waals surface area contributed by atoms with Gasteiger partial charge in [-0.05, 0) is 46.0 Å². The molecule has 1 rings (SSSR count). The van der Waals surface area contributed by atoms with Crippen molar-refractivity contribution in [2.45, 2.75) is 58.0 Å². The summed E-state index contributed by atoms with van der Waals surface area (Å²) in [4.78, 5) is 36.1. The summed E-state index contributed by atoms with van der Waals surface area (Å²) in [6, 6.07) is 0. The van der Waals surface area contributed by atoms with Crippen LogP contribution in [0, 0.1) is 11.8 Å². The molecule has 3 N–H and O–H groups in total. The molecule has 0 aliphatic heterocycles. The summed E-state index contributed by atoms with van der Waals surface area (Å²) < 4.78 is 0. The van der Waals surface area contributed by atoms with Gasteiger partial charge in [0.1, 0.15) is 5.54 Å². The number of carbonyl (C=O) groups excluding carboxylic acids is 2. The van der Waals surface area contributed by atoms with Gasteiger partial charge in [-0.2, -0.15) is 0 Å². The molecule has 0 saturated heterocycles. The summed E-state index contributed by atoms with van der Waals surface area (Å²) in [6.07, 6.45) is 2.93. The van der Waals surface area contributed by atoms with Crippen LogP contribution in [0.1, 0.15) is 47.0 Å². The summed E-state index contributed by atoms with van der Waals surface area (Å²) in [5.41, 5.74) is -1.96. The van der Waals surface area contributed by atoms with Gasteiger partial charge in [0.2, 0.25) is 11.8 Å². The van der Waals surface area contributed by atoms with E-state index in [9.17, 15) is 19.5 Å². The van der Waals surface area contributed by atoms with Crippen LogP contribution in [0.5, 0.6) is 0 Å². The Kier molecular flexibility index (Phi) is 5.38. The number of carboxylic acids is 1. The predicted octanol–water partition coefficient (Wildman–Crippen LogP) is 1.46. The third-order valence-corrected chi connectivity index (χ3v) is 3.93. The average molecular weight is 310 g/mol. The Balaban J connectivity index is 3.29. The van der Waals surface area contributed by atoms with E-state index in [1.165, 1.54) is 6.92 Å². The van der Waals surface area contributed by atoms with Gasteiger partial charge in [-0.1, -0.05) is 6.08 Å². The molecule has 0 heterocycles. The average Bonchev–Trinajstić information content (AvgIpc) is 2.35. The summed E-state index contributed by atoms with van der Waals surface area (Å²) in [5.74, 6) is -2.89. The number of hydrogen-bond acceptors (Lipinski definition) is 3. The van der Waals surface area contributed by atoms with Crippen LogP contribution in [0.15, 0.2) is 12.7 Å². The highest BCUT2D eigenvalue weighted by Crippen LogP contribution is 2.38. The first kappa shape index (κ1) is 18.2. The summed E-state index contributed by atoms with van der Waals surface area (Å²) >= 11 is 0. The Morgan fingerprint density at radius 2 is 1.86 bits per heavy atom. The summed E-state index contributed by atoms with van der Waals surface area (Å²) in [6.45, 7) is 10.5. The fourth-order valence-corrected chi connectivity index (χ4v) is 3.03. The van der Waals surface area contributed by atoms with Crippen LogP contribution >= 0.6 is 0 Å². The van der Waals surface area contributed by atoms with Crippen molar-refractivity contribution in [1.82, 2.24) is 10.6 Å². The van der Waals surface area contributed by atoms with Crippen LogP contribution in [0.2, 0.25) is 0 Å². The molecule has 0 bridgehead atoms. The normalized spacial score (nSPS) is 28.5. The van der Waals surface area contributed by atoms with Crippen molar-refractivity contribution in [3.63, 3.8) is 0 Å². The van der Waals surface area contributed by atoms with Crippen molar-refractivity contribution < 1.29 is 19.5 Å². The molecule has 2 amide bonds. The first-order valence-electron chi connectivity index (χ1n) is 7.48. The molecule has 6 heteroatoms. The van der Waals surface area contributed by atoms with E-state index >= 15 is 0 Å². The SMILES string of the molecule is C=C[C@@H]1CC[C@@H](C(=O)O)[C@](NC(C)=O)(C(=O)NC(C)(C)C)C1. The van der Waals surface area contributed by atoms with Gasteiger partial charge >= 0.3 is 5.97 Å². The molecule has 0 radical (unpaired) electrons. The Bertz CT molecular complexity index is 481. The molecular weight excluding hydrogens is 284 g/mol. The number of rotatable bonds is 4. The van der Waals surface area contributed by atoms with Crippen molar-refractivity contribution in [1.29, 1.82) is 0 Å². The standard InChI is InChI=1S/C16H26N2O4/c1-6-11-7-8-12(13(20)21)16(9-11,17-10(2)19)14(22)18-15(3,4)5/h6,11-12H,1,7-9H2,2-5H3,(H,17,19)(H,18,22)(H,20,21)/t11-,12+,16+/m1/s1. The van der Waals surface area contributed by atoms with Crippen molar-refractivity contribution in [2.75, 3.05) is 0 Å². The van der Waals surface area contributed by atoms with Crippen LogP contribution in [0.25, 0.3) is 0 Å². The van der Waals surface area contributed by atoms with Gasteiger partial charge in [-0.15, -0.1) is 6.58 Å². The summed E-state index contributed by atoms with van der Waals surface area (Å²) in [5, 5.41) is 15.0. The molecule has 6 nitrogen and oxygen atoms in total. The van der Waals surface area contributed by atoms with Gasteiger partial charge in [0.05, 0.1) is 5.92 Å². The molecule has 1 aliphatic carbocycles. The first-order chi connectivity index (χ1) is 10.0. The molecule has 0 aromatic carbocycles. The lowest BCUT2D eigenvalue weighted by Crippen LogP contribution is -2.68. The van der Waals surface area contributed by atoms with Crippen LogP contribution < -0.4 is 10.6 Å². The number of allylic oxidation sites excluding steroid dienone is 1. The Morgan fingerprint density at radius 3 is 2.27 bits per heavy atom. The molecular formula is C16H26N2O4. The van der Waals surface area contributed by atoms with E-state index in [0.717, 1.165) is 0 Å². The van der Waals surface area contributed by atoms with E-state index in [4.69, 9.17) is 0 Å². The molecule has 0 spiro atoms. The van der Waals surface area contributed by atoms with Crippen LogP contribution in [-0.4, -0.2) is 34.0 Å². The number of aliphatic carboxylic acids is 1. The van der Waals surface area contributed by atoms with Gasteiger partial charge in [0.15, 0.2) is 0 Å². The zero-order valence-electron chi connectivity index (χ0n) is 13.7. The van der Waals surface area contributed by atoms with E-state index in [1.807, 2.05) is 20.8 Å². The monoisotopic (exact) mass is 310 g/mol. The van der Waals surface area contributed by atoms with E-state index in [2.05, 4.69) is 17.2 Å². The molecule has 1 saturated carbocycles. The van der Waals surface area contributed by atoms with E-state index in [1.54, 1.807) is 6.08 Å². The molecule has 0 aromatic rings. The number of amides is 2. The molecule has 1 aliphatic rings. The molecule has 124 valence electrons. The minimum Gasteiger partial charge on any atom is -0.481 e. The fourth-order valence-electron chi connectivity index (χ4n) is 3.03. The lowest BCUT2D eigenvalue weighted by molar-refractivity contribution is -0.154. The number of carboxylic acid groups (broad SMARTS) is 1. The minimum atomic E-state index is -1.44. The topological polar surface area (TPSA) is 95.5 Å². The van der Waals surface area contributed by atoms with Crippen molar-refractivity contribution >= 4 is 17.8 Å². The summed E-state index contributed by atoms with van der Waals surface area (Å²) in [7, 11) is 0. The highest BCUT2D eigenvalue weighted by atomic mass is 16.4. The second kappa shape index (κ2) is 6.50. The number of carbonyl (C=O) groups is 3. The third-order valence-electron chi connectivity index (χ3n) is 3.93. The molecule has 0 aromatic heterocycles. The maximum atomic E-state index is 12.8. The Labute approximate surface area is 131 Å². The zero-order valence-corrected chi connectivity index (χ0v) is 13.7. The smallest absolute Gasteiger partial charge is 0.309 e. The second-order valence-corrected chi connectivity index (χ2v) is 7.02. The third kappa shape index (κ3) is 4.08. The van der Waals surface area contributed by atoms with Gasteiger partial charge in [0, 0.05) is 12.5 Å². The van der Waals surface area contributed by atoms with E-state index in [0.29, 0.717) is 12.8 Å². The second-order valence-electron chi connectivity index (χ2n) is 7.02. The van der Waals surface area contributed by atoms with Crippen LogP contribution in [0.4, 0.5) is 0 Å². The van der Waals surface area contributed by atoms with E-state index < -0.39 is 34.8 Å². The Morgan fingerprint density at radius 1 is 1.27 bits per heavy atom. The Hall–Kier alpha value is -1.85. The maximum absolute atomic E-state index is 12.8. The number of hydrogen-bond donors (Lipinski definition) is 3.